The Hall–Kier alpha value is 0.01000. The Labute approximate surface area is 128 Å². The van der Waals surface area contributed by atoms with Gasteiger partial charge in [0.1, 0.15) is 0 Å². The van der Waals surface area contributed by atoms with Gasteiger partial charge in [0.05, 0.1) is 0 Å². The van der Waals surface area contributed by atoms with Gasteiger partial charge in [-0.3, -0.25) is 14.4 Å². The van der Waals surface area contributed by atoms with Crippen molar-refractivity contribution in [1.82, 2.24) is 5.09 Å². The Kier molecular flexibility index (Phi) is 12.7. The van der Waals surface area contributed by atoms with E-state index in [-0.39, 0.29) is 5.91 Å². The second kappa shape index (κ2) is 12.7. The number of hydrogen-bond acceptors (Lipinski definition) is 4. The third kappa shape index (κ3) is 10.8. The fourth-order valence-electron chi connectivity index (χ4n) is 1.97. The van der Waals surface area contributed by atoms with Crippen LogP contribution < -0.4 is 5.09 Å². The van der Waals surface area contributed by atoms with Crippen molar-refractivity contribution in [2.24, 2.45) is 0 Å². The molecule has 0 aliphatic carbocycles. The van der Waals surface area contributed by atoms with E-state index < -0.39 is 6.72 Å². The summed E-state index contributed by atoms with van der Waals surface area (Å²) in [5.41, 5.74) is 0. The molecule has 0 aromatic rings. The number of unbranched alkanes of at least 4 members (excludes halogenated alkanes) is 8. The monoisotopic (exact) mass is 323 g/mol. The third-order valence-electron chi connectivity index (χ3n) is 3.25. The van der Waals surface area contributed by atoms with Crippen LogP contribution in [0, 0.1) is 0 Å². The minimum Gasteiger partial charge on any atom is -0.309 e. The Bertz CT molecular complexity index is 292. The van der Waals surface area contributed by atoms with Crippen LogP contribution in [0.5, 0.6) is 0 Å². The van der Waals surface area contributed by atoms with Gasteiger partial charge in [0.15, 0.2) is 0 Å². The summed E-state index contributed by atoms with van der Waals surface area (Å²) in [6.07, 6.45) is 13.1. The van der Waals surface area contributed by atoms with Crippen molar-refractivity contribution in [3.05, 3.63) is 0 Å². The van der Waals surface area contributed by atoms with Crippen LogP contribution in [0.25, 0.3) is 0 Å². The fourth-order valence-corrected chi connectivity index (χ4v) is 3.75. The van der Waals surface area contributed by atoms with E-state index in [4.69, 9.17) is 4.52 Å². The van der Waals surface area contributed by atoms with Gasteiger partial charge in [-0.15, -0.1) is 0 Å². The molecule has 0 saturated heterocycles. The summed E-state index contributed by atoms with van der Waals surface area (Å²) in [7, 11) is 1.36. The average Bonchev–Trinajstić information content (AvgIpc) is 2.45. The molecule has 6 heteroatoms. The summed E-state index contributed by atoms with van der Waals surface area (Å²) in [5, 5.41) is 2.48. The summed E-state index contributed by atoms with van der Waals surface area (Å²) in [5.74, 6) is -0.174. The minimum absolute atomic E-state index is 0.174. The maximum absolute atomic E-state index is 11.8. The molecule has 1 amide bonds. The molecule has 0 rings (SSSR count). The molecule has 1 N–H and O–H groups in total. The number of carbonyl (C=O) groups is 1. The van der Waals surface area contributed by atoms with Crippen molar-refractivity contribution >= 4 is 24.0 Å². The molecule has 0 aliphatic heterocycles. The third-order valence-corrected chi connectivity index (χ3v) is 6.90. The van der Waals surface area contributed by atoms with Crippen molar-refractivity contribution in [3.8, 4) is 0 Å². The molecule has 1 unspecified atom stereocenters. The van der Waals surface area contributed by atoms with E-state index in [1.54, 1.807) is 6.26 Å². The van der Waals surface area contributed by atoms with Crippen LogP contribution in [-0.4, -0.2) is 19.3 Å². The molecular weight excluding hydrogens is 293 g/mol. The molecule has 1 atom stereocenters. The fraction of sp³-hybridized carbons (Fsp3) is 0.929. The number of rotatable bonds is 13. The smallest absolute Gasteiger partial charge is 0.309 e. The maximum atomic E-state index is 11.8. The predicted octanol–water partition coefficient (Wildman–Crippen LogP) is 5.14. The van der Waals surface area contributed by atoms with Gasteiger partial charge in [-0.25, -0.2) is 0 Å². The molecule has 0 heterocycles. The number of amides is 1. The van der Waals surface area contributed by atoms with Gasteiger partial charge in [0, 0.05) is 13.5 Å². The van der Waals surface area contributed by atoms with E-state index in [1.807, 2.05) is 0 Å². The first-order chi connectivity index (χ1) is 9.58. The normalized spacial score (nSPS) is 13.9. The molecule has 0 bridgehead atoms. The highest BCUT2D eigenvalue weighted by atomic mass is 32.7. The zero-order chi connectivity index (χ0) is 15.3. The average molecular weight is 323 g/mol. The highest BCUT2D eigenvalue weighted by molar-refractivity contribution is 8.55. The first-order valence-electron chi connectivity index (χ1n) is 7.60. The van der Waals surface area contributed by atoms with Crippen molar-refractivity contribution in [3.63, 3.8) is 0 Å². The Morgan fingerprint density at radius 3 is 2.00 bits per heavy atom. The minimum atomic E-state index is -3.00. The number of hydrogen-bond donors (Lipinski definition) is 1. The van der Waals surface area contributed by atoms with Crippen LogP contribution >= 0.6 is 18.1 Å². The van der Waals surface area contributed by atoms with Gasteiger partial charge < -0.3 is 4.52 Å². The lowest BCUT2D eigenvalue weighted by molar-refractivity contribution is -0.119. The van der Waals surface area contributed by atoms with Crippen molar-refractivity contribution < 1.29 is 13.9 Å². The molecule has 0 aromatic heterocycles. The second-order valence-electron chi connectivity index (χ2n) is 4.98. The molecule has 20 heavy (non-hydrogen) atoms. The lowest BCUT2D eigenvalue weighted by Gasteiger charge is -2.14. The summed E-state index contributed by atoms with van der Waals surface area (Å²) in [4.78, 5) is 11.6. The van der Waals surface area contributed by atoms with E-state index in [1.165, 1.54) is 52.1 Å². The molecule has 4 nitrogen and oxygen atoms in total. The van der Waals surface area contributed by atoms with Crippen molar-refractivity contribution in [2.45, 2.75) is 71.1 Å². The molecule has 0 saturated carbocycles. The SMILES string of the molecule is CCCCCCCCCCCC(=O)NP(=O)(OC)SC. The summed E-state index contributed by atoms with van der Waals surface area (Å²) < 4.78 is 16.7. The van der Waals surface area contributed by atoms with E-state index in [2.05, 4.69) is 12.0 Å². The molecule has 0 fully saturated rings. The van der Waals surface area contributed by atoms with Crippen molar-refractivity contribution in [1.29, 1.82) is 0 Å². The molecular formula is C14H30NO3PS. The molecule has 0 radical (unpaired) electrons. The van der Waals surface area contributed by atoms with Crippen LogP contribution in [0.1, 0.15) is 71.1 Å². The van der Waals surface area contributed by atoms with Crippen LogP contribution in [0.2, 0.25) is 0 Å². The Balaban J connectivity index is 3.47. The maximum Gasteiger partial charge on any atom is 0.352 e. The van der Waals surface area contributed by atoms with Crippen LogP contribution in [-0.2, 0) is 13.9 Å². The number of carbonyl (C=O) groups excluding carboxylic acids is 1. The molecule has 120 valence electrons. The van der Waals surface area contributed by atoms with E-state index >= 15 is 0 Å². The Morgan fingerprint density at radius 2 is 1.55 bits per heavy atom. The van der Waals surface area contributed by atoms with Crippen LogP contribution in [0.15, 0.2) is 0 Å². The quantitative estimate of drug-likeness (QED) is 0.376. The van der Waals surface area contributed by atoms with Gasteiger partial charge in [-0.05, 0) is 12.7 Å². The van der Waals surface area contributed by atoms with E-state index in [9.17, 15) is 9.36 Å². The highest BCUT2D eigenvalue weighted by Crippen LogP contribution is 2.53. The molecule has 0 spiro atoms. The molecule has 0 aromatic carbocycles. The van der Waals surface area contributed by atoms with Gasteiger partial charge in [-0.2, -0.15) is 0 Å². The van der Waals surface area contributed by atoms with Gasteiger partial charge >= 0.3 is 6.72 Å². The van der Waals surface area contributed by atoms with Gasteiger partial charge in [-0.1, -0.05) is 69.7 Å². The lowest BCUT2D eigenvalue weighted by atomic mass is 10.1. The standard InChI is InChI=1S/C14H30NO3PS/c1-4-5-6-7-8-9-10-11-12-13-14(16)15-19(17,18-2)20-3/h4-13H2,1-3H3,(H,15,16,17). The lowest BCUT2D eigenvalue weighted by Crippen LogP contribution is -2.19. The predicted molar refractivity (Wildman–Crippen MR) is 88.1 cm³/mol. The number of nitrogens with one attached hydrogen (secondary N) is 1. The van der Waals surface area contributed by atoms with Gasteiger partial charge in [0.25, 0.3) is 0 Å². The summed E-state index contributed by atoms with van der Waals surface area (Å²) in [6.45, 7) is -0.771. The van der Waals surface area contributed by atoms with E-state index in [0.29, 0.717) is 6.42 Å². The summed E-state index contributed by atoms with van der Waals surface area (Å²) in [6, 6.07) is 0. The molecule has 0 aliphatic rings. The van der Waals surface area contributed by atoms with Crippen LogP contribution in [0.3, 0.4) is 0 Å². The Morgan fingerprint density at radius 1 is 1.05 bits per heavy atom. The largest absolute Gasteiger partial charge is 0.352 e. The zero-order valence-electron chi connectivity index (χ0n) is 13.2. The van der Waals surface area contributed by atoms with E-state index in [0.717, 1.165) is 24.2 Å². The topological polar surface area (TPSA) is 55.4 Å². The summed E-state index contributed by atoms with van der Waals surface area (Å²) >= 11 is 1.06. The first kappa shape index (κ1) is 20.0. The van der Waals surface area contributed by atoms with Crippen molar-refractivity contribution in [2.75, 3.05) is 13.4 Å². The van der Waals surface area contributed by atoms with Crippen LogP contribution in [0.4, 0.5) is 0 Å². The second-order valence-corrected chi connectivity index (χ2v) is 9.46. The zero-order valence-corrected chi connectivity index (χ0v) is 14.9. The highest BCUT2D eigenvalue weighted by Gasteiger charge is 2.22. The first-order valence-corrected chi connectivity index (χ1v) is 11.1. The van der Waals surface area contributed by atoms with Gasteiger partial charge in [0.2, 0.25) is 5.91 Å².